The molecule has 24 heavy (non-hydrogen) atoms. The average molecular weight is 334 g/mol. The Kier molecular flexibility index (Phi) is 6.15. The number of morpholine rings is 1. The first-order chi connectivity index (χ1) is 11.7. The van der Waals surface area contributed by atoms with Gasteiger partial charge in [-0.15, -0.1) is 0 Å². The number of likely N-dealkylation sites (tertiary alicyclic amines) is 1. The van der Waals surface area contributed by atoms with Gasteiger partial charge in [-0.25, -0.2) is 4.79 Å². The number of piperidine rings is 1. The lowest BCUT2D eigenvalue weighted by Gasteiger charge is -2.41. The molecule has 134 valence electrons. The zero-order chi connectivity index (χ0) is 16.8. The smallest absolute Gasteiger partial charge is 0.317 e. The fourth-order valence-corrected chi connectivity index (χ4v) is 3.79. The predicted octanol–water partition coefficient (Wildman–Crippen LogP) is 1.63. The first-order valence-corrected chi connectivity index (χ1v) is 9.19. The van der Waals surface area contributed by atoms with Crippen LogP contribution in [-0.2, 0) is 11.3 Å². The largest absolute Gasteiger partial charge is 0.379 e. The fraction of sp³-hybridized carbons (Fsp3) is 0.722. The Morgan fingerprint density at radius 2 is 1.83 bits per heavy atom. The number of hydrogen-bond donors (Lipinski definition) is 1. The van der Waals surface area contributed by atoms with E-state index >= 15 is 0 Å². The summed E-state index contributed by atoms with van der Waals surface area (Å²) in [7, 11) is 0. The van der Waals surface area contributed by atoms with Crippen LogP contribution in [0.15, 0.2) is 24.5 Å². The van der Waals surface area contributed by atoms with Crippen molar-refractivity contribution in [3.63, 3.8) is 0 Å². The lowest BCUT2D eigenvalue weighted by molar-refractivity contribution is 0.000254. The van der Waals surface area contributed by atoms with Crippen LogP contribution in [0.4, 0.5) is 4.79 Å². The lowest BCUT2D eigenvalue weighted by atomic mass is 9.89. The van der Waals surface area contributed by atoms with Crippen molar-refractivity contribution >= 4 is 6.03 Å². The molecule has 2 saturated heterocycles. The number of hydrogen-bond acceptors (Lipinski definition) is 3. The highest BCUT2D eigenvalue weighted by atomic mass is 16.5. The number of amides is 2. The van der Waals surface area contributed by atoms with Gasteiger partial charge in [-0.3, -0.25) is 4.90 Å². The van der Waals surface area contributed by atoms with Gasteiger partial charge in [0.2, 0.25) is 0 Å². The number of rotatable bonds is 5. The molecule has 1 atom stereocenters. The Labute approximate surface area is 144 Å². The number of carbonyl (C=O) groups excluding carboxylic acids is 1. The molecular formula is C18H30N4O2. The van der Waals surface area contributed by atoms with E-state index < -0.39 is 0 Å². The third kappa shape index (κ3) is 4.51. The van der Waals surface area contributed by atoms with E-state index in [9.17, 15) is 4.79 Å². The molecule has 0 aromatic carbocycles. The van der Waals surface area contributed by atoms with E-state index in [2.05, 4.69) is 21.7 Å². The monoisotopic (exact) mass is 334 g/mol. The number of urea groups is 1. The Bertz CT molecular complexity index is 491. The molecule has 0 spiro atoms. The topological polar surface area (TPSA) is 49.7 Å². The van der Waals surface area contributed by atoms with Crippen LogP contribution in [0.3, 0.4) is 0 Å². The molecule has 0 saturated carbocycles. The van der Waals surface area contributed by atoms with Crippen molar-refractivity contribution in [3.8, 4) is 0 Å². The Morgan fingerprint density at radius 3 is 2.50 bits per heavy atom. The molecule has 1 aromatic heterocycles. The zero-order valence-corrected chi connectivity index (χ0v) is 14.7. The Morgan fingerprint density at radius 1 is 1.17 bits per heavy atom. The van der Waals surface area contributed by atoms with Gasteiger partial charge < -0.3 is 19.5 Å². The minimum atomic E-state index is 0.0830. The summed E-state index contributed by atoms with van der Waals surface area (Å²) in [5.41, 5.74) is 0. The third-order valence-electron chi connectivity index (χ3n) is 5.44. The summed E-state index contributed by atoms with van der Waals surface area (Å²) in [6, 6.07) is 4.68. The maximum Gasteiger partial charge on any atom is 0.317 e. The number of nitrogens with zero attached hydrogens (tertiary/aromatic N) is 3. The summed E-state index contributed by atoms with van der Waals surface area (Å²) in [6.45, 7) is 9.37. The number of aromatic nitrogens is 1. The van der Waals surface area contributed by atoms with E-state index in [1.165, 1.54) is 0 Å². The molecule has 1 unspecified atom stereocenters. The third-order valence-corrected chi connectivity index (χ3v) is 5.44. The highest BCUT2D eigenvalue weighted by Crippen LogP contribution is 2.24. The quantitative estimate of drug-likeness (QED) is 0.890. The average Bonchev–Trinajstić information content (AvgIpc) is 3.15. The zero-order valence-electron chi connectivity index (χ0n) is 14.7. The molecule has 6 nitrogen and oxygen atoms in total. The molecule has 0 radical (unpaired) electrons. The highest BCUT2D eigenvalue weighted by Gasteiger charge is 2.29. The molecular weight excluding hydrogens is 304 g/mol. The molecule has 3 heterocycles. The first kappa shape index (κ1) is 17.3. The van der Waals surface area contributed by atoms with Crippen molar-refractivity contribution in [2.75, 3.05) is 45.9 Å². The van der Waals surface area contributed by atoms with Crippen LogP contribution in [0.2, 0.25) is 0 Å². The normalized spacial score (nSPS) is 21.6. The molecule has 1 N–H and O–H groups in total. The molecule has 1 aromatic rings. The fourth-order valence-electron chi connectivity index (χ4n) is 3.79. The SMILES string of the molecule is CC(C1CCN(C(=O)NCCn2cccc2)CC1)N1CCOCC1. The van der Waals surface area contributed by atoms with Crippen LogP contribution in [0.5, 0.6) is 0 Å². The highest BCUT2D eigenvalue weighted by molar-refractivity contribution is 5.74. The summed E-state index contributed by atoms with van der Waals surface area (Å²) in [4.78, 5) is 16.8. The van der Waals surface area contributed by atoms with Crippen molar-refractivity contribution in [1.82, 2.24) is 19.7 Å². The summed E-state index contributed by atoms with van der Waals surface area (Å²) in [6.07, 6.45) is 6.24. The molecule has 2 fully saturated rings. The number of carbonyl (C=O) groups is 1. The molecule has 3 rings (SSSR count). The maximum atomic E-state index is 12.3. The van der Waals surface area contributed by atoms with Crippen LogP contribution in [-0.4, -0.2) is 72.4 Å². The van der Waals surface area contributed by atoms with Crippen molar-refractivity contribution in [2.45, 2.75) is 32.4 Å². The molecule has 0 aliphatic carbocycles. The lowest BCUT2D eigenvalue weighted by Crippen LogP contribution is -2.50. The summed E-state index contributed by atoms with van der Waals surface area (Å²) < 4.78 is 7.53. The van der Waals surface area contributed by atoms with Crippen LogP contribution < -0.4 is 5.32 Å². The van der Waals surface area contributed by atoms with Crippen LogP contribution in [0.25, 0.3) is 0 Å². The van der Waals surface area contributed by atoms with Gasteiger partial charge >= 0.3 is 6.03 Å². The van der Waals surface area contributed by atoms with Crippen LogP contribution in [0.1, 0.15) is 19.8 Å². The molecule has 0 bridgehead atoms. The standard InChI is InChI=1S/C18H30N4O2/c1-16(21-12-14-24-15-13-21)17-4-9-22(10-5-17)18(23)19-6-11-20-7-2-3-8-20/h2-3,7-8,16-17H,4-6,9-15H2,1H3,(H,19,23). The van der Waals surface area contributed by atoms with E-state index in [1.54, 1.807) is 0 Å². The van der Waals surface area contributed by atoms with Crippen molar-refractivity contribution in [2.24, 2.45) is 5.92 Å². The number of nitrogens with one attached hydrogen (secondary N) is 1. The van der Waals surface area contributed by atoms with E-state index in [0.717, 1.165) is 58.8 Å². The minimum absolute atomic E-state index is 0.0830. The second-order valence-corrected chi connectivity index (χ2v) is 6.87. The summed E-state index contributed by atoms with van der Waals surface area (Å²) >= 11 is 0. The maximum absolute atomic E-state index is 12.3. The second-order valence-electron chi connectivity index (χ2n) is 6.87. The van der Waals surface area contributed by atoms with Crippen LogP contribution in [0, 0.1) is 5.92 Å². The van der Waals surface area contributed by atoms with Gasteiger partial charge in [0, 0.05) is 57.7 Å². The van der Waals surface area contributed by atoms with Gasteiger partial charge in [-0.05, 0) is 37.8 Å². The van der Waals surface area contributed by atoms with Gasteiger partial charge in [-0.2, -0.15) is 0 Å². The van der Waals surface area contributed by atoms with E-state index in [1.807, 2.05) is 29.4 Å². The van der Waals surface area contributed by atoms with E-state index in [0.29, 0.717) is 18.5 Å². The van der Waals surface area contributed by atoms with Crippen LogP contribution >= 0.6 is 0 Å². The van der Waals surface area contributed by atoms with Crippen molar-refractivity contribution in [3.05, 3.63) is 24.5 Å². The van der Waals surface area contributed by atoms with Gasteiger partial charge in [0.25, 0.3) is 0 Å². The van der Waals surface area contributed by atoms with Gasteiger partial charge in [0.15, 0.2) is 0 Å². The first-order valence-electron chi connectivity index (χ1n) is 9.19. The molecule has 2 aliphatic rings. The second kappa shape index (κ2) is 8.53. The Balaban J connectivity index is 1.37. The molecule has 6 heteroatoms. The molecule has 2 amide bonds. The molecule has 2 aliphatic heterocycles. The summed E-state index contributed by atoms with van der Waals surface area (Å²) in [5.74, 6) is 0.687. The predicted molar refractivity (Wildman–Crippen MR) is 94.0 cm³/mol. The number of ether oxygens (including phenoxy) is 1. The summed E-state index contributed by atoms with van der Waals surface area (Å²) in [5, 5.41) is 3.04. The minimum Gasteiger partial charge on any atom is -0.379 e. The van der Waals surface area contributed by atoms with Crippen molar-refractivity contribution < 1.29 is 9.53 Å². The van der Waals surface area contributed by atoms with Crippen molar-refractivity contribution in [1.29, 1.82) is 0 Å². The van der Waals surface area contributed by atoms with Gasteiger partial charge in [0.05, 0.1) is 13.2 Å². The Hall–Kier alpha value is -1.53. The van der Waals surface area contributed by atoms with Gasteiger partial charge in [-0.1, -0.05) is 0 Å². The van der Waals surface area contributed by atoms with E-state index in [4.69, 9.17) is 4.74 Å². The van der Waals surface area contributed by atoms with Gasteiger partial charge in [0.1, 0.15) is 0 Å². The van der Waals surface area contributed by atoms with E-state index in [-0.39, 0.29) is 6.03 Å².